The Morgan fingerprint density at radius 3 is 2.76 bits per heavy atom. The van der Waals surface area contributed by atoms with E-state index in [2.05, 4.69) is 5.32 Å². The molecule has 1 aliphatic heterocycles. The number of piperidine rings is 1. The van der Waals surface area contributed by atoms with Crippen LogP contribution in [0.5, 0.6) is 5.75 Å². The molecule has 25 heavy (non-hydrogen) atoms. The molecule has 1 N–H and O–H groups in total. The van der Waals surface area contributed by atoms with Gasteiger partial charge >= 0.3 is 0 Å². The molecule has 1 saturated heterocycles. The van der Waals surface area contributed by atoms with Gasteiger partial charge < -0.3 is 15.0 Å². The smallest absolute Gasteiger partial charge is 0.246 e. The molecule has 6 heteroatoms. The van der Waals surface area contributed by atoms with E-state index in [1.807, 2.05) is 35.2 Å². The largest absolute Gasteiger partial charge is 0.496 e. The number of benzene rings is 1. The number of nitriles is 1. The second kappa shape index (κ2) is 9.48. The predicted octanol–water partition coefficient (Wildman–Crippen LogP) is 1.98. The number of nitrogens with zero attached hydrogens (tertiary/aromatic N) is 2. The van der Waals surface area contributed by atoms with Crippen molar-refractivity contribution in [2.45, 2.75) is 19.3 Å². The highest BCUT2D eigenvalue weighted by atomic mass is 16.5. The molecule has 0 saturated carbocycles. The second-order valence-electron chi connectivity index (χ2n) is 5.98. The topological polar surface area (TPSA) is 82.4 Å². The van der Waals surface area contributed by atoms with Crippen LogP contribution in [0, 0.1) is 17.2 Å². The maximum absolute atomic E-state index is 12.3. The summed E-state index contributed by atoms with van der Waals surface area (Å²) in [5, 5.41) is 11.2. The minimum Gasteiger partial charge on any atom is -0.496 e. The zero-order valence-corrected chi connectivity index (χ0v) is 14.4. The lowest BCUT2D eigenvalue weighted by molar-refractivity contribution is -0.127. The fraction of sp³-hybridized carbons (Fsp3) is 0.421. The van der Waals surface area contributed by atoms with Gasteiger partial charge in [-0.3, -0.25) is 9.59 Å². The van der Waals surface area contributed by atoms with Crippen LogP contribution >= 0.6 is 0 Å². The molecule has 1 fully saturated rings. The molecule has 0 spiro atoms. The standard InChI is InChI=1S/C19H23N3O3/c1-25-17-5-3-2-4-16(17)6-7-19(24)22-12-9-15(10-13-22)14-21-18(23)8-11-20/h2-7,15H,8-10,12-14H2,1H3,(H,21,23)/b7-6+. The van der Waals surface area contributed by atoms with Crippen LogP contribution in [0.3, 0.4) is 0 Å². The van der Waals surface area contributed by atoms with Crippen molar-refractivity contribution in [3.05, 3.63) is 35.9 Å². The summed E-state index contributed by atoms with van der Waals surface area (Å²) in [7, 11) is 1.61. The Balaban J connectivity index is 1.80. The molecule has 0 aromatic heterocycles. The van der Waals surface area contributed by atoms with E-state index in [4.69, 9.17) is 10.00 Å². The van der Waals surface area contributed by atoms with E-state index >= 15 is 0 Å². The molecule has 132 valence electrons. The van der Waals surface area contributed by atoms with Gasteiger partial charge in [-0.05, 0) is 30.9 Å². The van der Waals surface area contributed by atoms with Crippen molar-refractivity contribution in [1.29, 1.82) is 5.26 Å². The van der Waals surface area contributed by atoms with E-state index < -0.39 is 0 Å². The molecular weight excluding hydrogens is 318 g/mol. The molecule has 1 aliphatic rings. The lowest BCUT2D eigenvalue weighted by atomic mass is 9.96. The quantitative estimate of drug-likeness (QED) is 0.802. The number of hydrogen-bond acceptors (Lipinski definition) is 4. The van der Waals surface area contributed by atoms with Gasteiger partial charge in [0, 0.05) is 31.3 Å². The molecule has 0 bridgehead atoms. The van der Waals surface area contributed by atoms with E-state index in [0.29, 0.717) is 25.6 Å². The van der Waals surface area contributed by atoms with Crippen LogP contribution in [0.1, 0.15) is 24.8 Å². The molecule has 1 heterocycles. The van der Waals surface area contributed by atoms with E-state index in [-0.39, 0.29) is 18.2 Å². The lowest BCUT2D eigenvalue weighted by Gasteiger charge is -2.31. The van der Waals surface area contributed by atoms with Gasteiger partial charge in [-0.2, -0.15) is 5.26 Å². The van der Waals surface area contributed by atoms with Crippen LogP contribution in [-0.4, -0.2) is 43.5 Å². The first-order chi connectivity index (χ1) is 12.1. The Labute approximate surface area is 148 Å². The summed E-state index contributed by atoms with van der Waals surface area (Å²) in [6, 6.07) is 9.38. The molecule has 6 nitrogen and oxygen atoms in total. The Morgan fingerprint density at radius 2 is 2.08 bits per heavy atom. The van der Waals surface area contributed by atoms with Gasteiger partial charge in [0.25, 0.3) is 0 Å². The van der Waals surface area contributed by atoms with Gasteiger partial charge in [0.15, 0.2) is 0 Å². The average molecular weight is 341 g/mol. The fourth-order valence-corrected chi connectivity index (χ4v) is 2.82. The summed E-state index contributed by atoms with van der Waals surface area (Å²) in [5.41, 5.74) is 0.869. The molecule has 0 unspecified atom stereocenters. The number of ether oxygens (including phenoxy) is 1. The van der Waals surface area contributed by atoms with Gasteiger partial charge in [-0.15, -0.1) is 0 Å². The van der Waals surface area contributed by atoms with E-state index in [9.17, 15) is 9.59 Å². The van der Waals surface area contributed by atoms with Crippen LogP contribution in [-0.2, 0) is 9.59 Å². The molecule has 1 aromatic carbocycles. The minimum absolute atomic E-state index is 0.0159. The number of carbonyl (C=O) groups excluding carboxylic acids is 2. The van der Waals surface area contributed by atoms with Crippen LogP contribution in [0.2, 0.25) is 0 Å². The van der Waals surface area contributed by atoms with Crippen molar-refractivity contribution in [3.8, 4) is 11.8 Å². The number of nitrogens with one attached hydrogen (secondary N) is 1. The summed E-state index contributed by atoms with van der Waals surface area (Å²) >= 11 is 0. The van der Waals surface area contributed by atoms with Gasteiger partial charge in [0.1, 0.15) is 12.2 Å². The first-order valence-electron chi connectivity index (χ1n) is 8.37. The van der Waals surface area contributed by atoms with Crippen molar-refractivity contribution in [3.63, 3.8) is 0 Å². The van der Waals surface area contributed by atoms with E-state index in [1.54, 1.807) is 19.3 Å². The van der Waals surface area contributed by atoms with Crippen molar-refractivity contribution in [1.82, 2.24) is 10.2 Å². The summed E-state index contributed by atoms with van der Waals surface area (Å²) in [6.45, 7) is 1.92. The highest BCUT2D eigenvalue weighted by Gasteiger charge is 2.21. The molecule has 2 amide bonds. The lowest BCUT2D eigenvalue weighted by Crippen LogP contribution is -2.40. The Kier molecular flexibility index (Phi) is 7.02. The number of carbonyl (C=O) groups is 2. The number of amides is 2. The van der Waals surface area contributed by atoms with E-state index in [0.717, 1.165) is 24.2 Å². The molecule has 0 aliphatic carbocycles. The zero-order chi connectivity index (χ0) is 18.1. The van der Waals surface area contributed by atoms with Gasteiger partial charge in [-0.25, -0.2) is 0 Å². The molecule has 1 aromatic rings. The van der Waals surface area contributed by atoms with Gasteiger partial charge in [0.2, 0.25) is 11.8 Å². The average Bonchev–Trinajstić information content (AvgIpc) is 2.65. The van der Waals surface area contributed by atoms with E-state index in [1.165, 1.54) is 0 Å². The van der Waals surface area contributed by atoms with Crippen LogP contribution in [0.25, 0.3) is 6.08 Å². The second-order valence-corrected chi connectivity index (χ2v) is 5.98. The van der Waals surface area contributed by atoms with Crippen molar-refractivity contribution < 1.29 is 14.3 Å². The third-order valence-corrected chi connectivity index (χ3v) is 4.30. The number of likely N-dealkylation sites (tertiary alicyclic amines) is 1. The third-order valence-electron chi connectivity index (χ3n) is 4.30. The van der Waals surface area contributed by atoms with Crippen molar-refractivity contribution in [2.24, 2.45) is 5.92 Å². The van der Waals surface area contributed by atoms with Crippen LogP contribution in [0.4, 0.5) is 0 Å². The first kappa shape index (κ1) is 18.5. The molecule has 0 atom stereocenters. The molecule has 2 rings (SSSR count). The Morgan fingerprint density at radius 1 is 1.36 bits per heavy atom. The third kappa shape index (κ3) is 5.64. The fourth-order valence-electron chi connectivity index (χ4n) is 2.82. The number of para-hydroxylation sites is 1. The van der Waals surface area contributed by atoms with Gasteiger partial charge in [0.05, 0.1) is 13.2 Å². The molecular formula is C19H23N3O3. The Hall–Kier alpha value is -2.81. The predicted molar refractivity (Wildman–Crippen MR) is 94.6 cm³/mol. The number of methoxy groups -OCH3 is 1. The summed E-state index contributed by atoms with van der Waals surface area (Å²) in [6.07, 6.45) is 4.94. The monoisotopic (exact) mass is 341 g/mol. The molecule has 0 radical (unpaired) electrons. The minimum atomic E-state index is -0.235. The first-order valence-corrected chi connectivity index (χ1v) is 8.37. The maximum Gasteiger partial charge on any atom is 0.246 e. The Bertz CT molecular complexity index is 671. The van der Waals surface area contributed by atoms with Gasteiger partial charge in [-0.1, -0.05) is 18.2 Å². The van der Waals surface area contributed by atoms with Crippen molar-refractivity contribution >= 4 is 17.9 Å². The highest BCUT2D eigenvalue weighted by Crippen LogP contribution is 2.20. The summed E-state index contributed by atoms with van der Waals surface area (Å²) in [5.74, 6) is 0.835. The summed E-state index contributed by atoms with van der Waals surface area (Å²) in [4.78, 5) is 25.5. The number of rotatable bonds is 6. The maximum atomic E-state index is 12.3. The SMILES string of the molecule is COc1ccccc1/C=C/C(=O)N1CCC(CNC(=O)CC#N)CC1. The van der Waals surface area contributed by atoms with Crippen molar-refractivity contribution in [2.75, 3.05) is 26.7 Å². The van der Waals surface area contributed by atoms with Crippen LogP contribution in [0.15, 0.2) is 30.3 Å². The van der Waals surface area contributed by atoms with Crippen LogP contribution < -0.4 is 10.1 Å². The normalized spacial score (nSPS) is 15.0. The number of hydrogen-bond donors (Lipinski definition) is 1. The summed E-state index contributed by atoms with van der Waals surface area (Å²) < 4.78 is 5.27. The zero-order valence-electron chi connectivity index (χ0n) is 14.4. The highest BCUT2D eigenvalue weighted by molar-refractivity contribution is 5.92.